The summed E-state index contributed by atoms with van der Waals surface area (Å²) in [6.07, 6.45) is 0. The molecule has 0 fully saturated rings. The highest BCUT2D eigenvalue weighted by atomic mass is 16.6. The maximum Gasteiger partial charge on any atom is 0.234 e. The van der Waals surface area contributed by atoms with Gasteiger partial charge in [0.05, 0.1) is 5.41 Å². The zero-order valence-electron chi connectivity index (χ0n) is 13.7. The molecule has 1 aliphatic heterocycles. The molecule has 0 bridgehead atoms. The molecule has 120 valence electrons. The molecule has 1 aliphatic rings. The average Bonchev–Trinajstić information content (AvgIpc) is 2.54. The monoisotopic (exact) mass is 311 g/mol. The van der Waals surface area contributed by atoms with E-state index in [-0.39, 0.29) is 5.91 Å². The minimum absolute atomic E-state index is 0.0558. The Hall–Kier alpha value is -2.49. The molecule has 23 heavy (non-hydrogen) atoms. The Bertz CT molecular complexity index is 737. The predicted molar refractivity (Wildman–Crippen MR) is 90.3 cm³/mol. The lowest BCUT2D eigenvalue weighted by Gasteiger charge is -2.26. The van der Waals surface area contributed by atoms with E-state index in [1.54, 1.807) is 0 Å². The topological polar surface area (TPSA) is 47.6 Å². The summed E-state index contributed by atoms with van der Waals surface area (Å²) >= 11 is 0. The quantitative estimate of drug-likeness (QED) is 0.940. The van der Waals surface area contributed by atoms with Gasteiger partial charge in [0.25, 0.3) is 0 Å². The Labute approximate surface area is 136 Å². The highest BCUT2D eigenvalue weighted by molar-refractivity contribution is 5.98. The van der Waals surface area contributed by atoms with Crippen LogP contribution in [0.1, 0.15) is 25.0 Å². The van der Waals surface area contributed by atoms with Gasteiger partial charge in [0.1, 0.15) is 13.2 Å². The van der Waals surface area contributed by atoms with Crippen molar-refractivity contribution in [3.8, 4) is 11.5 Å². The van der Waals surface area contributed by atoms with E-state index >= 15 is 0 Å². The molecule has 0 aromatic heterocycles. The second-order valence-corrected chi connectivity index (χ2v) is 6.31. The number of rotatable bonds is 3. The van der Waals surface area contributed by atoms with Gasteiger partial charge in [0, 0.05) is 5.69 Å². The molecule has 0 unspecified atom stereocenters. The largest absolute Gasteiger partial charge is 0.486 e. The third-order valence-corrected chi connectivity index (χ3v) is 4.11. The van der Waals surface area contributed by atoms with E-state index in [9.17, 15) is 4.79 Å². The van der Waals surface area contributed by atoms with E-state index in [2.05, 4.69) is 5.32 Å². The first-order valence-electron chi connectivity index (χ1n) is 7.75. The van der Waals surface area contributed by atoms with Crippen LogP contribution < -0.4 is 14.8 Å². The zero-order valence-corrected chi connectivity index (χ0v) is 13.7. The Kier molecular flexibility index (Phi) is 3.99. The summed E-state index contributed by atoms with van der Waals surface area (Å²) in [7, 11) is 0. The number of ether oxygens (including phenoxy) is 2. The van der Waals surface area contributed by atoms with E-state index in [0.29, 0.717) is 19.0 Å². The second kappa shape index (κ2) is 5.95. The van der Waals surface area contributed by atoms with Crippen LogP contribution in [0.3, 0.4) is 0 Å². The highest BCUT2D eigenvalue weighted by Gasteiger charge is 2.31. The molecule has 1 amide bonds. The number of nitrogens with one attached hydrogen (secondary N) is 1. The van der Waals surface area contributed by atoms with Crippen molar-refractivity contribution in [2.75, 3.05) is 18.5 Å². The molecular weight excluding hydrogens is 290 g/mol. The van der Waals surface area contributed by atoms with Crippen LogP contribution in [0.5, 0.6) is 11.5 Å². The van der Waals surface area contributed by atoms with Gasteiger partial charge in [-0.05, 0) is 56.2 Å². The summed E-state index contributed by atoms with van der Waals surface area (Å²) in [5.74, 6) is 1.37. The summed E-state index contributed by atoms with van der Waals surface area (Å²) in [6, 6.07) is 13.5. The summed E-state index contributed by atoms with van der Waals surface area (Å²) in [5, 5.41) is 2.99. The summed E-state index contributed by atoms with van der Waals surface area (Å²) in [4.78, 5) is 12.7. The van der Waals surface area contributed by atoms with Gasteiger partial charge in [-0.15, -0.1) is 0 Å². The van der Waals surface area contributed by atoms with Crippen LogP contribution in [0.4, 0.5) is 5.69 Å². The fourth-order valence-corrected chi connectivity index (χ4v) is 2.57. The van der Waals surface area contributed by atoms with Crippen molar-refractivity contribution < 1.29 is 14.3 Å². The molecule has 1 N–H and O–H groups in total. The Morgan fingerprint density at radius 1 is 1.04 bits per heavy atom. The summed E-state index contributed by atoms with van der Waals surface area (Å²) in [6.45, 7) is 6.91. The van der Waals surface area contributed by atoms with Gasteiger partial charge in [-0.25, -0.2) is 0 Å². The summed E-state index contributed by atoms with van der Waals surface area (Å²) in [5.41, 5.74) is 2.13. The van der Waals surface area contributed by atoms with Crippen LogP contribution in [0.25, 0.3) is 0 Å². The lowest BCUT2D eigenvalue weighted by molar-refractivity contribution is -0.120. The molecule has 0 atom stereocenters. The molecule has 4 heteroatoms. The molecule has 1 heterocycles. The molecular formula is C19H21NO3. The molecule has 2 aromatic carbocycles. The first-order chi connectivity index (χ1) is 11.0. The average molecular weight is 311 g/mol. The molecule has 0 radical (unpaired) electrons. The number of fused-ring (bicyclic) bond motifs is 1. The molecule has 3 rings (SSSR count). The van der Waals surface area contributed by atoms with Gasteiger partial charge < -0.3 is 14.8 Å². The Balaban J connectivity index is 1.84. The molecule has 0 aliphatic carbocycles. The first-order valence-corrected chi connectivity index (χ1v) is 7.75. The Morgan fingerprint density at radius 3 is 2.52 bits per heavy atom. The number of carbonyl (C=O) groups is 1. The molecule has 2 aromatic rings. The van der Waals surface area contributed by atoms with E-state index < -0.39 is 5.41 Å². The van der Waals surface area contributed by atoms with Crippen molar-refractivity contribution in [1.82, 2.24) is 0 Å². The fraction of sp³-hybridized carbons (Fsp3) is 0.316. The van der Waals surface area contributed by atoms with Crippen molar-refractivity contribution in [2.24, 2.45) is 0 Å². The van der Waals surface area contributed by atoms with Crippen molar-refractivity contribution in [3.63, 3.8) is 0 Å². The van der Waals surface area contributed by atoms with Gasteiger partial charge >= 0.3 is 0 Å². The van der Waals surface area contributed by atoms with Crippen molar-refractivity contribution in [1.29, 1.82) is 0 Å². The van der Waals surface area contributed by atoms with Gasteiger partial charge in [-0.2, -0.15) is 0 Å². The molecule has 0 saturated carbocycles. The van der Waals surface area contributed by atoms with Crippen molar-refractivity contribution in [2.45, 2.75) is 26.2 Å². The molecule has 4 nitrogen and oxygen atoms in total. The number of hydrogen-bond acceptors (Lipinski definition) is 3. The van der Waals surface area contributed by atoms with Gasteiger partial charge in [-0.3, -0.25) is 4.79 Å². The van der Waals surface area contributed by atoms with Crippen LogP contribution >= 0.6 is 0 Å². The van der Waals surface area contributed by atoms with Crippen LogP contribution in [0.2, 0.25) is 0 Å². The fourth-order valence-electron chi connectivity index (χ4n) is 2.57. The van der Waals surface area contributed by atoms with E-state index in [1.807, 2.05) is 63.2 Å². The number of anilines is 1. The number of carbonyl (C=O) groups excluding carboxylic acids is 1. The number of benzene rings is 2. The van der Waals surface area contributed by atoms with Gasteiger partial charge in [0.15, 0.2) is 11.5 Å². The van der Waals surface area contributed by atoms with E-state index in [0.717, 1.165) is 22.6 Å². The minimum Gasteiger partial charge on any atom is -0.486 e. The second-order valence-electron chi connectivity index (χ2n) is 6.31. The maximum atomic E-state index is 12.7. The molecule has 0 spiro atoms. The van der Waals surface area contributed by atoms with E-state index in [4.69, 9.17) is 9.47 Å². The van der Waals surface area contributed by atoms with Gasteiger partial charge in [-0.1, -0.05) is 18.2 Å². The maximum absolute atomic E-state index is 12.7. The minimum atomic E-state index is -0.681. The third-order valence-electron chi connectivity index (χ3n) is 4.11. The van der Waals surface area contributed by atoms with Crippen LogP contribution in [0, 0.1) is 6.92 Å². The smallest absolute Gasteiger partial charge is 0.234 e. The third kappa shape index (κ3) is 3.16. The zero-order chi connectivity index (χ0) is 16.4. The Morgan fingerprint density at radius 2 is 1.78 bits per heavy atom. The lowest BCUT2D eigenvalue weighted by atomic mass is 9.83. The van der Waals surface area contributed by atoms with E-state index in [1.165, 1.54) is 0 Å². The van der Waals surface area contributed by atoms with Crippen LogP contribution in [0.15, 0.2) is 42.5 Å². The van der Waals surface area contributed by atoms with Crippen molar-refractivity contribution in [3.05, 3.63) is 53.6 Å². The normalized spacial score (nSPS) is 13.5. The first kappa shape index (κ1) is 15.4. The van der Waals surface area contributed by atoms with Crippen LogP contribution in [-0.2, 0) is 10.2 Å². The SMILES string of the molecule is Cc1cccc(NC(=O)C(C)(C)c2ccc3c(c2)OCCO3)c1. The van der Waals surface area contributed by atoms with Gasteiger partial charge in [0.2, 0.25) is 5.91 Å². The number of aryl methyl sites for hydroxylation is 1. The van der Waals surface area contributed by atoms with Crippen molar-refractivity contribution >= 4 is 11.6 Å². The molecule has 0 saturated heterocycles. The number of amides is 1. The predicted octanol–water partition coefficient (Wildman–Crippen LogP) is 3.68. The lowest BCUT2D eigenvalue weighted by Crippen LogP contribution is -2.34. The standard InChI is InChI=1S/C19H21NO3/c1-13-5-4-6-15(11-13)20-18(21)19(2,3)14-7-8-16-17(12-14)23-10-9-22-16/h4-8,11-12H,9-10H2,1-3H3,(H,20,21). The van der Waals surface area contributed by atoms with Crippen LogP contribution in [-0.4, -0.2) is 19.1 Å². The number of hydrogen-bond donors (Lipinski definition) is 1. The highest BCUT2D eigenvalue weighted by Crippen LogP contribution is 2.35. The summed E-state index contributed by atoms with van der Waals surface area (Å²) < 4.78 is 11.2.